The Balaban J connectivity index is 1.51. The molecule has 0 aromatic heterocycles. The van der Waals surface area contributed by atoms with Crippen LogP contribution >= 0.6 is 0 Å². The van der Waals surface area contributed by atoms with Gasteiger partial charge in [0.2, 0.25) is 17.7 Å². The van der Waals surface area contributed by atoms with Crippen LogP contribution in [-0.2, 0) is 33.5 Å². The number of Topliss-reactive ketones (excluding diaryl/α,β-unsaturated/α-hetero) is 1. The monoisotopic (exact) mass is 622 g/mol. The van der Waals surface area contributed by atoms with Gasteiger partial charge in [-0.2, -0.15) is 13.2 Å². The molecule has 0 bridgehead atoms. The summed E-state index contributed by atoms with van der Waals surface area (Å²) in [7, 11) is 0. The summed E-state index contributed by atoms with van der Waals surface area (Å²) in [5.74, 6) is -1.68. The molecule has 0 aliphatic carbocycles. The van der Waals surface area contributed by atoms with Gasteiger partial charge in [-0.15, -0.1) is 0 Å². The van der Waals surface area contributed by atoms with Crippen molar-refractivity contribution in [1.29, 1.82) is 0 Å². The molecule has 238 valence electrons. The first-order chi connectivity index (χ1) is 21.5. The van der Waals surface area contributed by atoms with E-state index in [0.29, 0.717) is 24.9 Å². The second-order valence-electron chi connectivity index (χ2n) is 11.2. The average Bonchev–Trinajstić information content (AvgIpc) is 3.02. The number of halogens is 3. The summed E-state index contributed by atoms with van der Waals surface area (Å²) in [6.07, 6.45) is -3.08. The second-order valence-corrected chi connectivity index (χ2v) is 11.2. The van der Waals surface area contributed by atoms with Gasteiger partial charge in [0, 0.05) is 37.1 Å². The standard InChI is InChI=1S/C34H37F3N4O4/c1-22-19-26(14-15-27(22)34(35,36)37)39-32(44)28(13-7-8-18-38)40-33(45)29-20-24-11-5-6-12-25(24)21-41(29)31(43)17-16-30(42)23-9-3-2-4-10-23/h2-6,9-12,14-15,19,28-29H,7-8,13,16-18,20-21,38H2,1H3,(H,39,44)(H,40,45)/t28-,29-/m0/s1. The number of amides is 3. The Morgan fingerprint density at radius 3 is 2.29 bits per heavy atom. The number of nitrogens with one attached hydrogen (secondary N) is 2. The molecule has 1 aliphatic heterocycles. The highest BCUT2D eigenvalue weighted by Crippen LogP contribution is 2.33. The largest absolute Gasteiger partial charge is 0.416 e. The van der Waals surface area contributed by atoms with Crippen LogP contribution < -0.4 is 16.4 Å². The minimum atomic E-state index is -4.53. The number of hydrogen-bond donors (Lipinski definition) is 3. The number of rotatable bonds is 12. The maximum absolute atomic E-state index is 13.8. The van der Waals surface area contributed by atoms with Gasteiger partial charge in [-0.25, -0.2) is 0 Å². The molecule has 0 saturated carbocycles. The minimum Gasteiger partial charge on any atom is -0.342 e. The number of ketones is 1. The predicted octanol–water partition coefficient (Wildman–Crippen LogP) is 5.18. The number of anilines is 1. The van der Waals surface area contributed by atoms with Crippen LogP contribution in [0.2, 0.25) is 0 Å². The summed E-state index contributed by atoms with van der Waals surface area (Å²) in [4.78, 5) is 54.7. The maximum Gasteiger partial charge on any atom is 0.416 e. The van der Waals surface area contributed by atoms with Gasteiger partial charge in [0.1, 0.15) is 12.1 Å². The fraction of sp³-hybridized carbons (Fsp3) is 0.353. The highest BCUT2D eigenvalue weighted by Gasteiger charge is 2.36. The lowest BCUT2D eigenvalue weighted by Gasteiger charge is -2.37. The van der Waals surface area contributed by atoms with Gasteiger partial charge in [0.05, 0.1) is 5.56 Å². The van der Waals surface area contributed by atoms with E-state index in [1.807, 2.05) is 24.3 Å². The van der Waals surface area contributed by atoms with E-state index in [2.05, 4.69) is 10.6 Å². The Labute approximate surface area is 260 Å². The van der Waals surface area contributed by atoms with Gasteiger partial charge in [0.15, 0.2) is 5.78 Å². The Morgan fingerprint density at radius 1 is 0.933 bits per heavy atom. The molecule has 2 atom stereocenters. The predicted molar refractivity (Wildman–Crippen MR) is 164 cm³/mol. The normalized spacial score (nSPS) is 15.1. The van der Waals surface area contributed by atoms with Crippen LogP contribution in [0.5, 0.6) is 0 Å². The smallest absolute Gasteiger partial charge is 0.342 e. The van der Waals surface area contributed by atoms with Crippen LogP contribution in [0.25, 0.3) is 0 Å². The quantitative estimate of drug-likeness (QED) is 0.190. The average molecular weight is 623 g/mol. The van der Waals surface area contributed by atoms with Crippen LogP contribution in [0, 0.1) is 6.92 Å². The van der Waals surface area contributed by atoms with Crippen molar-refractivity contribution in [2.24, 2.45) is 5.73 Å². The number of aryl methyl sites for hydroxylation is 1. The number of alkyl halides is 3. The number of fused-ring (bicyclic) bond motifs is 1. The molecule has 0 spiro atoms. The van der Waals surface area contributed by atoms with Crippen molar-refractivity contribution in [3.05, 3.63) is 101 Å². The summed E-state index contributed by atoms with van der Waals surface area (Å²) in [6.45, 7) is 1.85. The molecule has 0 saturated heterocycles. The number of nitrogens with zero attached hydrogens (tertiary/aromatic N) is 1. The van der Waals surface area contributed by atoms with Crippen molar-refractivity contribution in [2.45, 2.75) is 70.3 Å². The van der Waals surface area contributed by atoms with E-state index in [1.165, 1.54) is 24.0 Å². The number of benzene rings is 3. The number of carbonyl (C=O) groups is 4. The molecular weight excluding hydrogens is 585 g/mol. The van der Waals surface area contributed by atoms with E-state index < -0.39 is 35.6 Å². The molecule has 0 fully saturated rings. The lowest BCUT2D eigenvalue weighted by molar-refractivity contribution is -0.142. The zero-order chi connectivity index (χ0) is 32.6. The SMILES string of the molecule is Cc1cc(NC(=O)[C@H](CCCCN)NC(=O)[C@@H]2Cc3ccccc3CN2C(=O)CCC(=O)c2ccccc2)ccc1C(F)(F)F. The molecule has 4 N–H and O–H groups in total. The molecule has 0 radical (unpaired) electrons. The third kappa shape index (κ3) is 8.78. The lowest BCUT2D eigenvalue weighted by atomic mass is 9.92. The highest BCUT2D eigenvalue weighted by molar-refractivity contribution is 6.00. The van der Waals surface area contributed by atoms with Crippen molar-refractivity contribution in [2.75, 3.05) is 11.9 Å². The first kappa shape index (κ1) is 33.4. The van der Waals surface area contributed by atoms with E-state index in [-0.39, 0.29) is 55.2 Å². The van der Waals surface area contributed by atoms with Gasteiger partial charge in [-0.05, 0) is 67.6 Å². The van der Waals surface area contributed by atoms with Crippen LogP contribution in [0.3, 0.4) is 0 Å². The number of unbranched alkanes of at least 4 members (excludes halogenated alkanes) is 1. The van der Waals surface area contributed by atoms with Gasteiger partial charge in [-0.1, -0.05) is 54.6 Å². The molecular formula is C34H37F3N4O4. The summed E-state index contributed by atoms with van der Waals surface area (Å²) < 4.78 is 39.7. The number of nitrogens with two attached hydrogens (primary N) is 1. The first-order valence-corrected chi connectivity index (χ1v) is 14.9. The number of hydrogen-bond acceptors (Lipinski definition) is 5. The van der Waals surface area contributed by atoms with Crippen LogP contribution in [0.1, 0.15) is 64.7 Å². The molecule has 1 aliphatic rings. The van der Waals surface area contributed by atoms with Crippen molar-refractivity contribution in [3.63, 3.8) is 0 Å². The summed E-state index contributed by atoms with van der Waals surface area (Å²) >= 11 is 0. The van der Waals surface area contributed by atoms with Crippen molar-refractivity contribution >= 4 is 29.2 Å². The van der Waals surface area contributed by atoms with Gasteiger partial charge >= 0.3 is 6.18 Å². The number of carbonyl (C=O) groups excluding carboxylic acids is 4. The van der Waals surface area contributed by atoms with Crippen LogP contribution in [-0.4, -0.2) is 47.0 Å². The minimum absolute atomic E-state index is 0.0218. The molecule has 4 rings (SSSR count). The lowest BCUT2D eigenvalue weighted by Crippen LogP contribution is -2.56. The third-order valence-corrected chi connectivity index (χ3v) is 7.91. The fourth-order valence-electron chi connectivity index (χ4n) is 5.47. The van der Waals surface area contributed by atoms with E-state index in [0.717, 1.165) is 17.2 Å². The second kappa shape index (κ2) is 15.0. The summed E-state index contributed by atoms with van der Waals surface area (Å²) in [5.41, 5.74) is 7.22. The highest BCUT2D eigenvalue weighted by atomic mass is 19.4. The van der Waals surface area contributed by atoms with Crippen molar-refractivity contribution in [1.82, 2.24) is 10.2 Å². The van der Waals surface area contributed by atoms with Gasteiger partial charge in [0.25, 0.3) is 0 Å². The molecule has 1 heterocycles. The molecule has 3 aromatic rings. The molecule has 8 nitrogen and oxygen atoms in total. The topological polar surface area (TPSA) is 122 Å². The molecule has 45 heavy (non-hydrogen) atoms. The third-order valence-electron chi connectivity index (χ3n) is 7.91. The Hall–Kier alpha value is -4.51. The summed E-state index contributed by atoms with van der Waals surface area (Å²) in [6, 6.07) is 17.5. The van der Waals surface area contributed by atoms with E-state index in [1.54, 1.807) is 30.3 Å². The first-order valence-electron chi connectivity index (χ1n) is 14.9. The molecule has 3 aromatic carbocycles. The van der Waals surface area contributed by atoms with Gasteiger partial charge < -0.3 is 21.3 Å². The Morgan fingerprint density at radius 2 is 1.62 bits per heavy atom. The molecule has 11 heteroatoms. The Kier molecular flexibility index (Phi) is 11.1. The van der Waals surface area contributed by atoms with E-state index in [4.69, 9.17) is 5.73 Å². The van der Waals surface area contributed by atoms with Crippen molar-refractivity contribution < 1.29 is 32.3 Å². The Bertz CT molecular complexity index is 1530. The van der Waals surface area contributed by atoms with Crippen LogP contribution in [0.4, 0.5) is 18.9 Å². The zero-order valence-corrected chi connectivity index (χ0v) is 25.0. The molecule has 0 unspecified atom stereocenters. The van der Waals surface area contributed by atoms with E-state index in [9.17, 15) is 32.3 Å². The van der Waals surface area contributed by atoms with E-state index >= 15 is 0 Å². The maximum atomic E-state index is 13.8. The summed E-state index contributed by atoms with van der Waals surface area (Å²) in [5, 5.41) is 5.41. The van der Waals surface area contributed by atoms with Crippen molar-refractivity contribution in [3.8, 4) is 0 Å². The fourth-order valence-corrected chi connectivity index (χ4v) is 5.47. The molecule has 3 amide bonds. The van der Waals surface area contributed by atoms with Gasteiger partial charge in [-0.3, -0.25) is 19.2 Å². The zero-order valence-electron chi connectivity index (χ0n) is 25.0. The van der Waals surface area contributed by atoms with Crippen LogP contribution in [0.15, 0.2) is 72.8 Å².